The molecule has 0 unspecified atom stereocenters. The van der Waals surface area contributed by atoms with Gasteiger partial charge in [-0.1, -0.05) is 44.2 Å². The first-order chi connectivity index (χ1) is 15.0. The Morgan fingerprint density at radius 1 is 1.28 bits per heavy atom. The maximum Gasteiger partial charge on any atom is 0.413 e. The summed E-state index contributed by atoms with van der Waals surface area (Å²) in [6, 6.07) is -0.870. The number of carbonyl (C=O) groups is 4. The average Bonchev–Trinajstić information content (AvgIpc) is 2.74. The maximum absolute atomic E-state index is 13.0. The van der Waals surface area contributed by atoms with Crippen molar-refractivity contribution in [2.24, 2.45) is 5.92 Å². The van der Waals surface area contributed by atoms with Gasteiger partial charge < -0.3 is 14.8 Å². The van der Waals surface area contributed by atoms with E-state index in [9.17, 15) is 19.2 Å². The summed E-state index contributed by atoms with van der Waals surface area (Å²) in [4.78, 5) is 50.5. The van der Waals surface area contributed by atoms with Gasteiger partial charge >= 0.3 is 12.1 Å². The van der Waals surface area contributed by atoms with Crippen molar-refractivity contribution in [1.29, 1.82) is 0 Å². The van der Waals surface area contributed by atoms with Crippen LogP contribution in [0.1, 0.15) is 53.4 Å². The van der Waals surface area contributed by atoms with Crippen LogP contribution in [0.5, 0.6) is 0 Å². The Labute approximate surface area is 194 Å². The topological polar surface area (TPSA) is 102 Å². The molecule has 1 saturated carbocycles. The fraction of sp³-hybridized carbons (Fsp3) is 0.565. The van der Waals surface area contributed by atoms with Crippen LogP contribution >= 0.6 is 11.6 Å². The first kappa shape index (κ1) is 27.4. The molecule has 0 aliphatic heterocycles. The highest BCUT2D eigenvalue weighted by Crippen LogP contribution is 2.40. The van der Waals surface area contributed by atoms with E-state index in [-0.39, 0.29) is 29.1 Å². The number of nitrogens with zero attached hydrogens (tertiary/aromatic N) is 1. The van der Waals surface area contributed by atoms with Gasteiger partial charge in [0.05, 0.1) is 0 Å². The number of ketones is 1. The molecule has 0 spiro atoms. The van der Waals surface area contributed by atoms with Gasteiger partial charge in [-0.2, -0.15) is 0 Å². The zero-order valence-corrected chi connectivity index (χ0v) is 20.2. The number of rotatable bonds is 9. The highest BCUT2D eigenvalue weighted by molar-refractivity contribution is 6.32. The summed E-state index contributed by atoms with van der Waals surface area (Å²) >= 11 is 6.37. The molecule has 0 aromatic carbocycles. The fourth-order valence-corrected chi connectivity index (χ4v) is 3.79. The number of hydrogen-bond donors (Lipinski definition) is 1. The lowest BCUT2D eigenvalue weighted by Crippen LogP contribution is -2.58. The lowest BCUT2D eigenvalue weighted by atomic mass is 9.74. The number of nitrogens with one attached hydrogen (secondary N) is 1. The van der Waals surface area contributed by atoms with Crippen LogP contribution in [0.3, 0.4) is 0 Å². The number of allylic oxidation sites excluding steroid dienone is 3. The molecule has 0 bridgehead atoms. The van der Waals surface area contributed by atoms with E-state index in [1.54, 1.807) is 32.1 Å². The third-order valence-electron chi connectivity index (χ3n) is 5.39. The summed E-state index contributed by atoms with van der Waals surface area (Å²) in [5.74, 6) is -1.50. The molecule has 0 aromatic heterocycles. The Balaban J connectivity index is 2.95. The van der Waals surface area contributed by atoms with Gasteiger partial charge in [-0.25, -0.2) is 9.59 Å². The Kier molecular flexibility index (Phi) is 10.7. The second kappa shape index (κ2) is 12.4. The molecular formula is C23H33ClN2O6. The number of ether oxygens (including phenoxy) is 2. The quantitative estimate of drug-likeness (QED) is 0.313. The van der Waals surface area contributed by atoms with Crippen molar-refractivity contribution in [3.05, 3.63) is 35.4 Å². The molecule has 8 nitrogen and oxygen atoms in total. The maximum atomic E-state index is 13.0. The van der Waals surface area contributed by atoms with E-state index in [4.69, 9.17) is 21.1 Å². The van der Waals surface area contributed by atoms with Crippen molar-refractivity contribution in [2.75, 3.05) is 13.8 Å². The van der Waals surface area contributed by atoms with Crippen molar-refractivity contribution in [2.45, 2.75) is 65.0 Å². The van der Waals surface area contributed by atoms with E-state index in [0.717, 1.165) is 0 Å². The van der Waals surface area contributed by atoms with Gasteiger partial charge in [0, 0.05) is 25.4 Å². The van der Waals surface area contributed by atoms with E-state index in [1.165, 1.54) is 18.9 Å². The predicted octanol–water partition coefficient (Wildman–Crippen LogP) is 3.85. The minimum Gasteiger partial charge on any atom is -0.426 e. The summed E-state index contributed by atoms with van der Waals surface area (Å²) in [5.41, 5.74) is -1.03. The van der Waals surface area contributed by atoms with Crippen LogP contribution in [0.15, 0.2) is 35.4 Å². The van der Waals surface area contributed by atoms with Gasteiger partial charge in [-0.15, -0.1) is 0 Å². The monoisotopic (exact) mass is 468 g/mol. The summed E-state index contributed by atoms with van der Waals surface area (Å²) in [5, 5.41) is 2.76. The van der Waals surface area contributed by atoms with Crippen LogP contribution < -0.4 is 5.32 Å². The third-order valence-corrected chi connectivity index (χ3v) is 5.74. The van der Waals surface area contributed by atoms with Crippen molar-refractivity contribution in [1.82, 2.24) is 10.2 Å². The van der Waals surface area contributed by atoms with Crippen LogP contribution in [0.4, 0.5) is 4.79 Å². The highest BCUT2D eigenvalue weighted by Gasteiger charge is 2.49. The van der Waals surface area contributed by atoms with Crippen LogP contribution in [-0.4, -0.2) is 54.1 Å². The van der Waals surface area contributed by atoms with Crippen molar-refractivity contribution in [3.63, 3.8) is 0 Å². The largest absolute Gasteiger partial charge is 0.426 e. The second-order valence-electron chi connectivity index (χ2n) is 7.98. The molecular weight excluding hydrogens is 436 g/mol. The van der Waals surface area contributed by atoms with E-state index in [0.29, 0.717) is 24.8 Å². The molecule has 1 N–H and O–H groups in total. The molecule has 1 aliphatic rings. The van der Waals surface area contributed by atoms with E-state index in [2.05, 4.69) is 11.9 Å². The number of carbonyl (C=O) groups excluding carboxylic acids is 4. The first-order valence-electron chi connectivity index (χ1n) is 10.5. The minimum absolute atomic E-state index is 0.178. The summed E-state index contributed by atoms with van der Waals surface area (Å²) in [6.45, 7) is 9.95. The van der Waals surface area contributed by atoms with E-state index in [1.807, 2.05) is 6.92 Å². The van der Waals surface area contributed by atoms with E-state index >= 15 is 0 Å². The molecule has 2 amide bonds. The predicted molar refractivity (Wildman–Crippen MR) is 122 cm³/mol. The molecule has 0 aromatic rings. The van der Waals surface area contributed by atoms with Gasteiger partial charge in [0.15, 0.2) is 5.78 Å². The smallest absolute Gasteiger partial charge is 0.413 e. The highest BCUT2D eigenvalue weighted by atomic mass is 35.5. The van der Waals surface area contributed by atoms with E-state index < -0.39 is 30.4 Å². The lowest BCUT2D eigenvalue weighted by Gasteiger charge is -2.43. The van der Waals surface area contributed by atoms with Gasteiger partial charge in [0.2, 0.25) is 12.7 Å². The van der Waals surface area contributed by atoms with Crippen molar-refractivity contribution >= 4 is 35.4 Å². The number of amides is 2. The molecule has 1 aliphatic carbocycles. The fourth-order valence-electron chi connectivity index (χ4n) is 3.56. The van der Waals surface area contributed by atoms with Crippen LogP contribution in [0.25, 0.3) is 0 Å². The minimum atomic E-state index is -1.34. The molecule has 1 fully saturated rings. The van der Waals surface area contributed by atoms with Crippen LogP contribution in [-0.2, 0) is 23.9 Å². The van der Waals surface area contributed by atoms with Crippen molar-refractivity contribution in [3.8, 4) is 0 Å². The first-order valence-corrected chi connectivity index (χ1v) is 10.9. The molecule has 0 heterocycles. The number of Topliss-reactive ketones (excluding diaryl/α,β-unsaturated/α-hetero) is 1. The SMILES string of the molecule is C=C(/C(Cl)=C\C=C/C)[C@]1(N(C)C(=O)OCOC(=O)[C@@H](NC(C)=O)C(C)C)CCCCC1=O. The molecule has 0 radical (unpaired) electrons. The third kappa shape index (κ3) is 6.69. The zero-order chi connectivity index (χ0) is 24.5. The molecule has 178 valence electrons. The summed E-state index contributed by atoms with van der Waals surface area (Å²) < 4.78 is 10.1. The number of esters is 1. The number of likely N-dealkylation sites (N-methyl/N-ethyl adjacent to an activating group) is 1. The standard InChI is InChI=1S/C23H33ClN2O6/c1-7-8-11-18(24)16(4)23(13-10-9-12-19(23)28)26(6)22(30)32-14-31-21(29)20(15(2)3)25-17(5)27/h7-8,11,15,20H,4,9-10,12-14H2,1-3,5-6H3,(H,25,27)/b8-7-,18-11+/t20-,23+/m0/s1. The Hall–Kier alpha value is -2.61. The average molecular weight is 469 g/mol. The van der Waals surface area contributed by atoms with Crippen LogP contribution in [0.2, 0.25) is 0 Å². The Morgan fingerprint density at radius 3 is 2.47 bits per heavy atom. The number of halogens is 1. The molecule has 0 saturated heterocycles. The normalized spacial score (nSPS) is 20.1. The van der Waals surface area contributed by atoms with Crippen LogP contribution in [0, 0.1) is 5.92 Å². The molecule has 9 heteroatoms. The van der Waals surface area contributed by atoms with Gasteiger partial charge in [0.25, 0.3) is 0 Å². The zero-order valence-electron chi connectivity index (χ0n) is 19.4. The summed E-state index contributed by atoms with van der Waals surface area (Å²) in [7, 11) is 1.44. The Morgan fingerprint density at radius 2 is 1.94 bits per heavy atom. The van der Waals surface area contributed by atoms with Gasteiger partial charge in [0.1, 0.15) is 11.6 Å². The lowest BCUT2D eigenvalue weighted by molar-refractivity contribution is -0.158. The molecule has 32 heavy (non-hydrogen) atoms. The van der Waals surface area contributed by atoms with Gasteiger partial charge in [-0.3, -0.25) is 14.5 Å². The molecule has 2 atom stereocenters. The van der Waals surface area contributed by atoms with Gasteiger partial charge in [-0.05, 0) is 43.8 Å². The number of hydrogen-bond acceptors (Lipinski definition) is 6. The summed E-state index contributed by atoms with van der Waals surface area (Å²) in [6.07, 6.45) is 6.31. The second-order valence-corrected chi connectivity index (χ2v) is 8.39. The van der Waals surface area contributed by atoms with Crippen molar-refractivity contribution < 1.29 is 28.7 Å². The molecule has 1 rings (SSSR count). The Bertz CT molecular complexity index is 804.